The van der Waals surface area contributed by atoms with Gasteiger partial charge in [-0.05, 0) is 25.8 Å². The van der Waals surface area contributed by atoms with Crippen LogP contribution in [0.15, 0.2) is 36.1 Å². The maximum absolute atomic E-state index is 3.96. The summed E-state index contributed by atoms with van der Waals surface area (Å²) >= 11 is 0. The van der Waals surface area contributed by atoms with Gasteiger partial charge in [-0.1, -0.05) is 24.8 Å². The summed E-state index contributed by atoms with van der Waals surface area (Å²) < 4.78 is 0. The van der Waals surface area contributed by atoms with Crippen LogP contribution >= 0.6 is 0 Å². The fourth-order valence-electron chi connectivity index (χ4n) is 1.11. The summed E-state index contributed by atoms with van der Waals surface area (Å²) in [6.45, 7) is 8.20. The highest BCUT2D eigenvalue weighted by Gasteiger charge is 2.03. The fraction of sp³-hybridized carbons (Fsp3) is 0.400. The molecule has 0 heterocycles. The number of hydrogen-bond acceptors (Lipinski definition) is 1. The predicted octanol–water partition coefficient (Wildman–Crippen LogP) is 2.38. The van der Waals surface area contributed by atoms with Crippen LogP contribution in [0.1, 0.15) is 20.3 Å². The fourth-order valence-corrected chi connectivity index (χ4v) is 1.11. The van der Waals surface area contributed by atoms with Crippen molar-refractivity contribution in [1.29, 1.82) is 0 Å². The first-order chi connectivity index (χ1) is 5.20. The van der Waals surface area contributed by atoms with Crippen LogP contribution in [0.5, 0.6) is 0 Å². The van der Waals surface area contributed by atoms with Crippen molar-refractivity contribution in [3.63, 3.8) is 0 Å². The number of rotatable bonds is 3. The molecule has 0 aromatic rings. The van der Waals surface area contributed by atoms with Crippen LogP contribution in [0.4, 0.5) is 0 Å². The van der Waals surface area contributed by atoms with Gasteiger partial charge in [0.1, 0.15) is 0 Å². The van der Waals surface area contributed by atoms with Gasteiger partial charge in [-0.2, -0.15) is 0 Å². The zero-order valence-electron chi connectivity index (χ0n) is 7.22. The molecule has 1 aliphatic rings. The summed E-state index contributed by atoms with van der Waals surface area (Å²) in [6, 6.07) is 0.476. The van der Waals surface area contributed by atoms with Crippen LogP contribution in [0, 0.1) is 0 Å². The molecule has 0 aliphatic heterocycles. The lowest BCUT2D eigenvalue weighted by atomic mass is 10.2. The van der Waals surface area contributed by atoms with Crippen molar-refractivity contribution < 1.29 is 0 Å². The van der Waals surface area contributed by atoms with Gasteiger partial charge in [-0.25, -0.2) is 0 Å². The van der Waals surface area contributed by atoms with Gasteiger partial charge in [0.15, 0.2) is 0 Å². The third-order valence-corrected chi connectivity index (χ3v) is 1.62. The zero-order valence-corrected chi connectivity index (χ0v) is 7.22. The Morgan fingerprint density at radius 3 is 2.82 bits per heavy atom. The molecule has 1 N–H and O–H groups in total. The molecule has 60 valence electrons. The largest absolute Gasteiger partial charge is 0.383 e. The van der Waals surface area contributed by atoms with Gasteiger partial charge in [-0.15, -0.1) is 0 Å². The van der Waals surface area contributed by atoms with Crippen LogP contribution in [0.25, 0.3) is 0 Å². The molecule has 1 rings (SSSR count). The molecular weight excluding hydrogens is 134 g/mol. The van der Waals surface area contributed by atoms with Crippen molar-refractivity contribution in [2.45, 2.75) is 26.3 Å². The Kier molecular flexibility index (Phi) is 2.53. The van der Waals surface area contributed by atoms with Crippen LogP contribution in [-0.4, -0.2) is 6.04 Å². The Bertz CT molecular complexity index is 209. The first-order valence-corrected chi connectivity index (χ1v) is 4.01. The second kappa shape index (κ2) is 3.42. The SMILES string of the molecule is C=C(NC(C)C)C1=CC=CC1. The second-order valence-corrected chi connectivity index (χ2v) is 3.10. The summed E-state index contributed by atoms with van der Waals surface area (Å²) in [4.78, 5) is 0. The molecule has 0 fully saturated rings. The van der Waals surface area contributed by atoms with Crippen molar-refractivity contribution in [2.75, 3.05) is 0 Å². The molecular formula is C10H15N. The van der Waals surface area contributed by atoms with E-state index < -0.39 is 0 Å². The average Bonchev–Trinajstić information content (AvgIpc) is 2.35. The Labute approximate surface area is 68.5 Å². The molecule has 0 radical (unpaired) electrons. The molecule has 1 nitrogen and oxygen atoms in total. The molecule has 0 saturated heterocycles. The molecule has 0 bridgehead atoms. The van der Waals surface area contributed by atoms with Crippen molar-refractivity contribution in [2.24, 2.45) is 0 Å². The molecule has 1 heteroatoms. The lowest BCUT2D eigenvalue weighted by Gasteiger charge is -2.13. The van der Waals surface area contributed by atoms with Crippen LogP contribution < -0.4 is 5.32 Å². The number of hydrogen-bond donors (Lipinski definition) is 1. The zero-order chi connectivity index (χ0) is 8.27. The van der Waals surface area contributed by atoms with E-state index in [1.165, 1.54) is 5.57 Å². The van der Waals surface area contributed by atoms with Crippen molar-refractivity contribution in [3.8, 4) is 0 Å². The average molecular weight is 149 g/mol. The van der Waals surface area contributed by atoms with Gasteiger partial charge in [0.05, 0.1) is 0 Å². The molecule has 0 atom stereocenters. The molecule has 0 spiro atoms. The Hall–Kier alpha value is -0.980. The maximum atomic E-state index is 3.96. The number of nitrogens with one attached hydrogen (secondary N) is 1. The second-order valence-electron chi connectivity index (χ2n) is 3.10. The van der Waals surface area contributed by atoms with Crippen LogP contribution in [-0.2, 0) is 0 Å². The monoisotopic (exact) mass is 149 g/mol. The van der Waals surface area contributed by atoms with Crippen molar-refractivity contribution in [1.82, 2.24) is 5.32 Å². The third kappa shape index (κ3) is 2.26. The van der Waals surface area contributed by atoms with E-state index >= 15 is 0 Å². The summed E-state index contributed by atoms with van der Waals surface area (Å²) in [7, 11) is 0. The van der Waals surface area contributed by atoms with Crippen molar-refractivity contribution in [3.05, 3.63) is 36.1 Å². The van der Waals surface area contributed by atoms with Crippen LogP contribution in [0.3, 0.4) is 0 Å². The minimum Gasteiger partial charge on any atom is -0.383 e. The Morgan fingerprint density at radius 2 is 2.36 bits per heavy atom. The van der Waals surface area contributed by atoms with E-state index in [0.717, 1.165) is 12.1 Å². The lowest BCUT2D eigenvalue weighted by molar-refractivity contribution is 0.674. The van der Waals surface area contributed by atoms with E-state index in [1.54, 1.807) is 0 Å². The summed E-state index contributed by atoms with van der Waals surface area (Å²) in [5.41, 5.74) is 2.36. The first kappa shape index (κ1) is 8.12. The predicted molar refractivity (Wildman–Crippen MR) is 49.3 cm³/mol. The maximum Gasteiger partial charge on any atom is 0.0304 e. The Balaban J connectivity index is 2.43. The summed E-state index contributed by atoms with van der Waals surface area (Å²) in [5.74, 6) is 0. The highest BCUT2D eigenvalue weighted by Crippen LogP contribution is 2.16. The minimum absolute atomic E-state index is 0.476. The molecule has 0 unspecified atom stereocenters. The van der Waals surface area contributed by atoms with Gasteiger partial charge in [0.2, 0.25) is 0 Å². The number of allylic oxidation sites excluding steroid dienone is 4. The molecule has 0 aromatic heterocycles. The smallest absolute Gasteiger partial charge is 0.0304 e. The van der Waals surface area contributed by atoms with Gasteiger partial charge in [0.25, 0.3) is 0 Å². The van der Waals surface area contributed by atoms with E-state index in [4.69, 9.17) is 0 Å². The topological polar surface area (TPSA) is 12.0 Å². The van der Waals surface area contributed by atoms with Gasteiger partial charge < -0.3 is 5.32 Å². The molecule has 1 aliphatic carbocycles. The van der Waals surface area contributed by atoms with Gasteiger partial charge >= 0.3 is 0 Å². The quantitative estimate of drug-likeness (QED) is 0.649. The van der Waals surface area contributed by atoms with E-state index in [9.17, 15) is 0 Å². The molecule has 0 aromatic carbocycles. The molecule has 11 heavy (non-hydrogen) atoms. The normalized spacial score (nSPS) is 15.4. The third-order valence-electron chi connectivity index (χ3n) is 1.62. The standard InChI is InChI=1S/C10H15N/c1-8(2)11-9(3)10-6-4-5-7-10/h4-6,8,11H,3,7H2,1-2H3. The Morgan fingerprint density at radius 1 is 1.64 bits per heavy atom. The van der Waals surface area contributed by atoms with E-state index in [-0.39, 0.29) is 0 Å². The van der Waals surface area contributed by atoms with E-state index in [1.807, 2.05) is 0 Å². The summed E-state index contributed by atoms with van der Waals surface area (Å²) in [5, 5.41) is 3.28. The highest BCUT2D eigenvalue weighted by atomic mass is 14.9. The van der Waals surface area contributed by atoms with Crippen LogP contribution in [0.2, 0.25) is 0 Å². The highest BCUT2D eigenvalue weighted by molar-refractivity contribution is 5.36. The van der Waals surface area contributed by atoms with E-state index in [2.05, 4.69) is 44.0 Å². The molecule has 0 saturated carbocycles. The molecule has 0 amide bonds. The first-order valence-electron chi connectivity index (χ1n) is 4.01. The van der Waals surface area contributed by atoms with Gasteiger partial charge in [0, 0.05) is 11.7 Å². The lowest BCUT2D eigenvalue weighted by Crippen LogP contribution is -2.21. The van der Waals surface area contributed by atoms with E-state index in [0.29, 0.717) is 6.04 Å². The summed E-state index contributed by atoms with van der Waals surface area (Å²) in [6.07, 6.45) is 7.35. The minimum atomic E-state index is 0.476. The van der Waals surface area contributed by atoms with Gasteiger partial charge in [-0.3, -0.25) is 0 Å². The van der Waals surface area contributed by atoms with Crippen molar-refractivity contribution >= 4 is 0 Å².